The molecular formula is C24H32N2O3. The van der Waals surface area contributed by atoms with Crippen LogP contribution in [0.25, 0.3) is 10.9 Å². The van der Waals surface area contributed by atoms with E-state index >= 15 is 0 Å². The van der Waals surface area contributed by atoms with Gasteiger partial charge in [-0.25, -0.2) is 0 Å². The first-order valence-electron chi connectivity index (χ1n) is 10.9. The topological polar surface area (TPSA) is 62.5 Å². The Balaban J connectivity index is 1.54. The number of hydrogen-bond donors (Lipinski definition) is 1. The number of likely N-dealkylation sites (tertiary alicyclic amines) is 1. The standard InChI is InChI=1S/C24H32N2O3/c1-15-7-4-11-21-23(15)19(14-25(21)3)16(2)13-22(27)26-12-6-9-17-18(24(28)29)8-5-10-20(17)26/h4,7,11,14,16-18,20H,5-6,8-10,12-13H2,1-3H3,(H,28,29). The molecule has 5 nitrogen and oxygen atoms in total. The van der Waals surface area contributed by atoms with Crippen molar-refractivity contribution in [3.63, 3.8) is 0 Å². The maximum absolute atomic E-state index is 13.3. The van der Waals surface area contributed by atoms with Crippen LogP contribution in [0.5, 0.6) is 0 Å². The Kier molecular flexibility index (Phi) is 5.41. The lowest BCUT2D eigenvalue weighted by Gasteiger charge is -2.46. The smallest absolute Gasteiger partial charge is 0.306 e. The summed E-state index contributed by atoms with van der Waals surface area (Å²) >= 11 is 0. The highest BCUT2D eigenvalue weighted by Gasteiger charge is 2.43. The summed E-state index contributed by atoms with van der Waals surface area (Å²) in [7, 11) is 2.06. The van der Waals surface area contributed by atoms with Crippen LogP contribution in [0.1, 0.15) is 62.5 Å². The van der Waals surface area contributed by atoms with Crippen molar-refractivity contribution in [2.75, 3.05) is 6.54 Å². The van der Waals surface area contributed by atoms with Gasteiger partial charge in [0.25, 0.3) is 0 Å². The van der Waals surface area contributed by atoms with Crippen molar-refractivity contribution in [2.24, 2.45) is 18.9 Å². The molecule has 4 atom stereocenters. The largest absolute Gasteiger partial charge is 0.481 e. The van der Waals surface area contributed by atoms with Gasteiger partial charge in [-0.15, -0.1) is 0 Å². The van der Waals surface area contributed by atoms with Crippen molar-refractivity contribution in [3.8, 4) is 0 Å². The van der Waals surface area contributed by atoms with Crippen LogP contribution in [0, 0.1) is 18.8 Å². The van der Waals surface area contributed by atoms with E-state index in [1.54, 1.807) is 0 Å². The van der Waals surface area contributed by atoms with E-state index in [0.717, 1.165) is 38.6 Å². The van der Waals surface area contributed by atoms with Gasteiger partial charge in [0.15, 0.2) is 0 Å². The fourth-order valence-electron chi connectivity index (χ4n) is 5.83. The van der Waals surface area contributed by atoms with Crippen molar-refractivity contribution in [3.05, 3.63) is 35.5 Å². The summed E-state index contributed by atoms with van der Waals surface area (Å²) < 4.78 is 2.15. The van der Waals surface area contributed by atoms with E-state index < -0.39 is 5.97 Å². The molecular weight excluding hydrogens is 364 g/mol. The number of nitrogens with zero attached hydrogens (tertiary/aromatic N) is 2. The van der Waals surface area contributed by atoms with E-state index in [1.807, 2.05) is 4.90 Å². The van der Waals surface area contributed by atoms with Gasteiger partial charge in [-0.2, -0.15) is 0 Å². The molecule has 29 heavy (non-hydrogen) atoms. The quantitative estimate of drug-likeness (QED) is 0.829. The molecule has 0 bridgehead atoms. The Labute approximate surface area is 172 Å². The van der Waals surface area contributed by atoms with E-state index in [2.05, 4.69) is 49.9 Å². The molecule has 2 heterocycles. The van der Waals surface area contributed by atoms with E-state index in [1.165, 1.54) is 22.0 Å². The number of benzene rings is 1. The fourth-order valence-corrected chi connectivity index (χ4v) is 5.83. The SMILES string of the molecule is Cc1cccc2c1c(C(C)CC(=O)N1CCCC3C(C(=O)O)CCCC31)cn2C. The lowest BCUT2D eigenvalue weighted by Crippen LogP contribution is -2.53. The number of aliphatic carboxylic acids is 1. The van der Waals surface area contributed by atoms with Crippen LogP contribution in [0.2, 0.25) is 0 Å². The summed E-state index contributed by atoms with van der Waals surface area (Å²) in [6.07, 6.45) is 7.10. The lowest BCUT2D eigenvalue weighted by atomic mass is 9.71. The first-order valence-corrected chi connectivity index (χ1v) is 10.9. The van der Waals surface area contributed by atoms with Crippen LogP contribution in [0.4, 0.5) is 0 Å². The maximum Gasteiger partial charge on any atom is 0.306 e. The van der Waals surface area contributed by atoms with Crippen molar-refractivity contribution < 1.29 is 14.7 Å². The predicted octanol–water partition coefficient (Wildman–Crippen LogP) is 4.47. The molecule has 156 valence electrons. The normalized spacial score (nSPS) is 25.6. The first-order chi connectivity index (χ1) is 13.9. The zero-order valence-electron chi connectivity index (χ0n) is 17.7. The van der Waals surface area contributed by atoms with Gasteiger partial charge in [0.05, 0.1) is 5.92 Å². The number of rotatable bonds is 4. The Bertz CT molecular complexity index is 932. The number of carboxylic acids is 1. The van der Waals surface area contributed by atoms with Gasteiger partial charge in [0.2, 0.25) is 5.91 Å². The zero-order chi connectivity index (χ0) is 20.7. The number of carboxylic acid groups (broad SMARTS) is 1. The molecule has 2 aliphatic rings. The predicted molar refractivity (Wildman–Crippen MR) is 114 cm³/mol. The van der Waals surface area contributed by atoms with Crippen LogP contribution < -0.4 is 0 Å². The number of amides is 1. The van der Waals surface area contributed by atoms with Crippen LogP contribution >= 0.6 is 0 Å². The molecule has 1 saturated carbocycles. The molecule has 0 radical (unpaired) electrons. The average molecular weight is 397 g/mol. The van der Waals surface area contributed by atoms with Gasteiger partial charge >= 0.3 is 5.97 Å². The zero-order valence-corrected chi connectivity index (χ0v) is 17.7. The molecule has 1 N–H and O–H groups in total. The Morgan fingerprint density at radius 2 is 2.00 bits per heavy atom. The van der Waals surface area contributed by atoms with Crippen LogP contribution in [0.3, 0.4) is 0 Å². The highest BCUT2D eigenvalue weighted by molar-refractivity contribution is 5.88. The van der Waals surface area contributed by atoms with E-state index in [-0.39, 0.29) is 29.7 Å². The Morgan fingerprint density at radius 1 is 1.21 bits per heavy atom. The molecule has 1 aliphatic carbocycles. The monoisotopic (exact) mass is 396 g/mol. The summed E-state index contributed by atoms with van der Waals surface area (Å²) in [4.78, 5) is 27.0. The van der Waals surface area contributed by atoms with Crippen molar-refractivity contribution in [1.82, 2.24) is 9.47 Å². The molecule has 1 aliphatic heterocycles. The fraction of sp³-hybridized carbons (Fsp3) is 0.583. The molecule has 1 aromatic heterocycles. The van der Waals surface area contributed by atoms with Gasteiger partial charge in [0.1, 0.15) is 0 Å². The summed E-state index contributed by atoms with van der Waals surface area (Å²) in [5.41, 5.74) is 3.68. The Morgan fingerprint density at radius 3 is 2.76 bits per heavy atom. The van der Waals surface area contributed by atoms with Crippen LogP contribution in [-0.2, 0) is 16.6 Å². The number of fused-ring (bicyclic) bond motifs is 2. The van der Waals surface area contributed by atoms with E-state index in [0.29, 0.717) is 6.42 Å². The third-order valence-electron chi connectivity index (χ3n) is 7.26. The lowest BCUT2D eigenvalue weighted by molar-refractivity contribution is -0.152. The highest BCUT2D eigenvalue weighted by Crippen LogP contribution is 2.40. The number of aromatic nitrogens is 1. The molecule has 1 amide bonds. The summed E-state index contributed by atoms with van der Waals surface area (Å²) in [5, 5.41) is 10.9. The summed E-state index contributed by atoms with van der Waals surface area (Å²) in [6.45, 7) is 5.04. The van der Waals surface area contributed by atoms with Crippen LogP contribution in [-0.4, -0.2) is 39.0 Å². The summed E-state index contributed by atoms with van der Waals surface area (Å²) in [6, 6.07) is 6.44. The van der Waals surface area contributed by atoms with Crippen molar-refractivity contribution in [1.29, 1.82) is 0 Å². The number of hydrogen-bond acceptors (Lipinski definition) is 2. The average Bonchev–Trinajstić information content (AvgIpc) is 3.05. The summed E-state index contributed by atoms with van der Waals surface area (Å²) in [5.74, 6) is -0.541. The third kappa shape index (κ3) is 3.56. The molecule has 5 heteroatoms. The highest BCUT2D eigenvalue weighted by atomic mass is 16.4. The molecule has 1 saturated heterocycles. The van der Waals surface area contributed by atoms with Crippen molar-refractivity contribution >= 4 is 22.8 Å². The van der Waals surface area contributed by atoms with E-state index in [4.69, 9.17) is 0 Å². The third-order valence-corrected chi connectivity index (χ3v) is 7.26. The molecule has 1 aromatic carbocycles. The number of aryl methyl sites for hydroxylation is 2. The van der Waals surface area contributed by atoms with Crippen LogP contribution in [0.15, 0.2) is 24.4 Å². The van der Waals surface area contributed by atoms with Gasteiger partial charge in [-0.05, 0) is 61.6 Å². The molecule has 4 rings (SSSR count). The molecule has 2 fully saturated rings. The second-order valence-electron chi connectivity index (χ2n) is 9.11. The second-order valence-corrected chi connectivity index (χ2v) is 9.11. The van der Waals surface area contributed by atoms with Gasteiger partial charge in [-0.3, -0.25) is 9.59 Å². The van der Waals surface area contributed by atoms with Crippen molar-refractivity contribution in [2.45, 2.75) is 64.3 Å². The van der Waals surface area contributed by atoms with Gasteiger partial charge < -0.3 is 14.6 Å². The second kappa shape index (κ2) is 7.85. The van der Waals surface area contributed by atoms with Gasteiger partial charge in [-0.1, -0.05) is 25.5 Å². The molecule has 4 unspecified atom stereocenters. The number of carbonyl (C=O) groups is 2. The minimum atomic E-state index is -0.686. The number of carbonyl (C=O) groups excluding carboxylic acids is 1. The first kappa shape index (κ1) is 20.0. The molecule has 2 aromatic rings. The maximum atomic E-state index is 13.3. The van der Waals surface area contributed by atoms with E-state index in [9.17, 15) is 14.7 Å². The minimum absolute atomic E-state index is 0.104. The molecule has 0 spiro atoms. The Hall–Kier alpha value is -2.30. The van der Waals surface area contributed by atoms with Gasteiger partial charge in [0, 0.05) is 43.2 Å². The number of piperidine rings is 1. The minimum Gasteiger partial charge on any atom is -0.481 e.